The summed E-state index contributed by atoms with van der Waals surface area (Å²) in [6, 6.07) is 20.7. The standard InChI is InChI=1S/C22H18N2O2S/c25-21(13-14-23-22(26)20-10-5-15-27-20)24-19-9-4-8-18(16-19)12-11-17-6-2-1-3-7-17/h1-10,15-16H,13-14H2,(H,23,26)(H,24,25). The lowest BCUT2D eigenvalue weighted by atomic mass is 10.1. The van der Waals surface area contributed by atoms with Gasteiger partial charge in [0.05, 0.1) is 4.88 Å². The van der Waals surface area contributed by atoms with E-state index in [2.05, 4.69) is 22.5 Å². The third-order valence-electron chi connectivity index (χ3n) is 3.65. The van der Waals surface area contributed by atoms with Crippen LogP contribution in [-0.2, 0) is 4.79 Å². The van der Waals surface area contributed by atoms with Crippen molar-refractivity contribution in [1.29, 1.82) is 0 Å². The Hall–Kier alpha value is -3.36. The van der Waals surface area contributed by atoms with E-state index >= 15 is 0 Å². The molecule has 0 saturated carbocycles. The fourth-order valence-corrected chi connectivity index (χ4v) is 2.99. The maximum Gasteiger partial charge on any atom is 0.261 e. The number of hydrogen-bond acceptors (Lipinski definition) is 3. The monoisotopic (exact) mass is 374 g/mol. The van der Waals surface area contributed by atoms with Crippen LogP contribution in [0.2, 0.25) is 0 Å². The normalized spacial score (nSPS) is 9.78. The molecule has 4 nitrogen and oxygen atoms in total. The molecule has 2 N–H and O–H groups in total. The topological polar surface area (TPSA) is 58.2 Å². The summed E-state index contributed by atoms with van der Waals surface area (Å²) in [6.45, 7) is 0.288. The Morgan fingerprint density at radius 1 is 0.889 bits per heavy atom. The summed E-state index contributed by atoms with van der Waals surface area (Å²) in [6.07, 6.45) is 0.205. The zero-order valence-electron chi connectivity index (χ0n) is 14.6. The van der Waals surface area contributed by atoms with E-state index < -0.39 is 0 Å². The molecule has 2 aromatic carbocycles. The molecule has 0 unspecified atom stereocenters. The third kappa shape index (κ3) is 5.84. The number of carbonyl (C=O) groups is 2. The Kier molecular flexibility index (Phi) is 6.40. The maximum absolute atomic E-state index is 12.1. The van der Waals surface area contributed by atoms with Crippen LogP contribution in [0.15, 0.2) is 72.1 Å². The average Bonchev–Trinajstić information content (AvgIpc) is 3.22. The number of benzene rings is 2. The fraction of sp³-hybridized carbons (Fsp3) is 0.0909. The number of nitrogens with one attached hydrogen (secondary N) is 2. The molecule has 0 aliphatic carbocycles. The van der Waals surface area contributed by atoms with Crippen molar-refractivity contribution >= 4 is 28.8 Å². The van der Waals surface area contributed by atoms with Crippen LogP contribution in [0.25, 0.3) is 0 Å². The zero-order chi connectivity index (χ0) is 18.9. The molecule has 134 valence electrons. The van der Waals surface area contributed by atoms with Crippen molar-refractivity contribution in [1.82, 2.24) is 5.32 Å². The number of carbonyl (C=O) groups excluding carboxylic acids is 2. The smallest absolute Gasteiger partial charge is 0.261 e. The molecule has 0 saturated heterocycles. The third-order valence-corrected chi connectivity index (χ3v) is 4.52. The van der Waals surface area contributed by atoms with Gasteiger partial charge in [0.1, 0.15) is 0 Å². The van der Waals surface area contributed by atoms with Crippen LogP contribution in [-0.4, -0.2) is 18.4 Å². The number of anilines is 1. The van der Waals surface area contributed by atoms with Gasteiger partial charge < -0.3 is 10.6 Å². The number of hydrogen-bond donors (Lipinski definition) is 2. The molecule has 0 atom stereocenters. The van der Waals surface area contributed by atoms with Crippen molar-refractivity contribution in [3.63, 3.8) is 0 Å². The van der Waals surface area contributed by atoms with Gasteiger partial charge in [-0.05, 0) is 41.8 Å². The van der Waals surface area contributed by atoms with Crippen LogP contribution >= 0.6 is 11.3 Å². The van der Waals surface area contributed by atoms with Crippen LogP contribution in [0.4, 0.5) is 5.69 Å². The minimum absolute atomic E-state index is 0.156. The molecule has 5 heteroatoms. The van der Waals surface area contributed by atoms with E-state index in [1.165, 1.54) is 11.3 Å². The second-order valence-electron chi connectivity index (χ2n) is 5.73. The highest BCUT2D eigenvalue weighted by Gasteiger charge is 2.07. The van der Waals surface area contributed by atoms with E-state index in [9.17, 15) is 9.59 Å². The number of amides is 2. The molecular formula is C22H18N2O2S. The van der Waals surface area contributed by atoms with Gasteiger partial charge in [0, 0.05) is 29.8 Å². The minimum atomic E-state index is -0.158. The molecule has 1 heterocycles. The van der Waals surface area contributed by atoms with Gasteiger partial charge >= 0.3 is 0 Å². The molecular weight excluding hydrogens is 356 g/mol. The van der Waals surface area contributed by atoms with Gasteiger partial charge in [-0.15, -0.1) is 11.3 Å². The van der Waals surface area contributed by atoms with E-state index in [0.29, 0.717) is 10.6 Å². The highest BCUT2D eigenvalue weighted by molar-refractivity contribution is 7.12. The number of thiophene rings is 1. The van der Waals surface area contributed by atoms with Crippen LogP contribution in [0.3, 0.4) is 0 Å². The van der Waals surface area contributed by atoms with Crippen LogP contribution < -0.4 is 10.6 Å². The summed E-state index contributed by atoms with van der Waals surface area (Å²) < 4.78 is 0. The van der Waals surface area contributed by atoms with Gasteiger partial charge in [-0.25, -0.2) is 0 Å². The summed E-state index contributed by atoms with van der Waals surface area (Å²) >= 11 is 1.37. The quantitative estimate of drug-likeness (QED) is 0.666. The first kappa shape index (κ1) is 18.4. The Bertz CT molecular complexity index is 970. The van der Waals surface area contributed by atoms with Crippen LogP contribution in [0.1, 0.15) is 27.2 Å². The van der Waals surface area contributed by atoms with Crippen molar-refractivity contribution in [3.05, 3.63) is 88.1 Å². The lowest BCUT2D eigenvalue weighted by Crippen LogP contribution is -2.27. The average molecular weight is 374 g/mol. The highest BCUT2D eigenvalue weighted by atomic mass is 32.1. The Labute approximate surface area is 162 Å². The molecule has 0 radical (unpaired) electrons. The molecule has 3 rings (SSSR count). The lowest BCUT2D eigenvalue weighted by Gasteiger charge is -2.06. The van der Waals surface area contributed by atoms with E-state index in [4.69, 9.17) is 0 Å². The van der Waals surface area contributed by atoms with Crippen molar-refractivity contribution < 1.29 is 9.59 Å². The van der Waals surface area contributed by atoms with Crippen LogP contribution in [0.5, 0.6) is 0 Å². The largest absolute Gasteiger partial charge is 0.351 e. The van der Waals surface area contributed by atoms with Gasteiger partial charge in [-0.1, -0.05) is 42.2 Å². The summed E-state index contributed by atoms with van der Waals surface area (Å²) in [5, 5.41) is 7.42. The van der Waals surface area contributed by atoms with Gasteiger partial charge in [0.2, 0.25) is 5.91 Å². The summed E-state index contributed by atoms with van der Waals surface area (Å²) in [5.74, 6) is 5.87. The highest BCUT2D eigenvalue weighted by Crippen LogP contribution is 2.11. The molecule has 1 aromatic heterocycles. The second kappa shape index (κ2) is 9.37. The molecule has 0 fully saturated rings. The van der Waals surface area contributed by atoms with Gasteiger partial charge in [0.25, 0.3) is 5.91 Å². The maximum atomic E-state index is 12.1. The first-order valence-corrected chi connectivity index (χ1v) is 9.37. The van der Waals surface area contributed by atoms with Crippen molar-refractivity contribution in [3.8, 4) is 11.8 Å². The first-order chi connectivity index (χ1) is 13.2. The Morgan fingerprint density at radius 3 is 2.44 bits per heavy atom. The van der Waals surface area contributed by atoms with E-state index in [1.54, 1.807) is 6.07 Å². The van der Waals surface area contributed by atoms with Crippen LogP contribution in [0, 0.1) is 11.8 Å². The molecule has 27 heavy (non-hydrogen) atoms. The van der Waals surface area contributed by atoms with Crippen molar-refractivity contribution in [2.24, 2.45) is 0 Å². The lowest BCUT2D eigenvalue weighted by molar-refractivity contribution is -0.116. The van der Waals surface area contributed by atoms with Crippen molar-refractivity contribution in [2.45, 2.75) is 6.42 Å². The number of rotatable bonds is 5. The first-order valence-electron chi connectivity index (χ1n) is 8.49. The zero-order valence-corrected chi connectivity index (χ0v) is 15.4. The van der Waals surface area contributed by atoms with E-state index in [1.807, 2.05) is 66.0 Å². The summed E-state index contributed by atoms with van der Waals surface area (Å²) in [4.78, 5) is 24.5. The summed E-state index contributed by atoms with van der Waals surface area (Å²) in [7, 11) is 0. The molecule has 2 amide bonds. The molecule has 0 bridgehead atoms. The predicted octanol–water partition coefficient (Wildman–Crippen LogP) is 3.91. The fourth-order valence-electron chi connectivity index (χ4n) is 2.35. The van der Waals surface area contributed by atoms with Gasteiger partial charge in [0.15, 0.2) is 0 Å². The van der Waals surface area contributed by atoms with Gasteiger partial charge in [-0.3, -0.25) is 9.59 Å². The predicted molar refractivity (Wildman–Crippen MR) is 109 cm³/mol. The Balaban J connectivity index is 1.51. The molecule has 0 aliphatic heterocycles. The minimum Gasteiger partial charge on any atom is -0.351 e. The van der Waals surface area contributed by atoms with E-state index in [-0.39, 0.29) is 24.8 Å². The van der Waals surface area contributed by atoms with Crippen molar-refractivity contribution in [2.75, 3.05) is 11.9 Å². The Morgan fingerprint density at radius 2 is 1.67 bits per heavy atom. The summed E-state index contributed by atoms with van der Waals surface area (Å²) in [5.41, 5.74) is 2.44. The van der Waals surface area contributed by atoms with E-state index in [0.717, 1.165) is 11.1 Å². The molecule has 0 spiro atoms. The SMILES string of the molecule is O=C(CCNC(=O)c1cccs1)Nc1cccc(C#Cc2ccccc2)c1. The van der Waals surface area contributed by atoms with Gasteiger partial charge in [-0.2, -0.15) is 0 Å². The molecule has 3 aromatic rings. The molecule has 0 aliphatic rings. The second-order valence-corrected chi connectivity index (χ2v) is 6.68.